The van der Waals surface area contributed by atoms with E-state index in [-0.39, 0.29) is 0 Å². The van der Waals surface area contributed by atoms with Crippen LogP contribution in [0.3, 0.4) is 0 Å². The summed E-state index contributed by atoms with van der Waals surface area (Å²) in [6.45, 7) is 2.33. The highest BCUT2D eigenvalue weighted by Crippen LogP contribution is 2.37. The number of benzene rings is 1. The molecule has 0 aliphatic heterocycles. The predicted octanol–water partition coefficient (Wildman–Crippen LogP) is 3.36. The lowest BCUT2D eigenvalue weighted by Gasteiger charge is -2.11. The smallest absolute Gasteiger partial charge is 0.00685 e. The fraction of sp³-hybridized carbons (Fsp3) is 0.455. The summed E-state index contributed by atoms with van der Waals surface area (Å²) in [5, 5.41) is 1.13. The van der Waals surface area contributed by atoms with Gasteiger partial charge in [-0.05, 0) is 29.4 Å². The average molecular weight is 225 g/mol. The van der Waals surface area contributed by atoms with E-state index in [2.05, 4.69) is 47.1 Å². The zero-order chi connectivity index (χ0) is 8.55. The standard InChI is InChI=1S/C11H13Br/c1-8-10(7-12)6-9-4-2-3-5-11(8)9/h2-5,8,10H,6-7H2,1H3. The van der Waals surface area contributed by atoms with Crippen molar-refractivity contribution in [3.8, 4) is 0 Å². The van der Waals surface area contributed by atoms with E-state index in [9.17, 15) is 0 Å². The quantitative estimate of drug-likeness (QED) is 0.643. The normalized spacial score (nSPS) is 27.2. The van der Waals surface area contributed by atoms with Gasteiger partial charge < -0.3 is 0 Å². The molecule has 0 saturated carbocycles. The Morgan fingerprint density at radius 1 is 1.42 bits per heavy atom. The number of alkyl halides is 1. The van der Waals surface area contributed by atoms with Gasteiger partial charge in [-0.3, -0.25) is 0 Å². The van der Waals surface area contributed by atoms with E-state index in [4.69, 9.17) is 0 Å². The average Bonchev–Trinajstić information content (AvgIpc) is 2.44. The topological polar surface area (TPSA) is 0 Å². The highest BCUT2D eigenvalue weighted by atomic mass is 79.9. The largest absolute Gasteiger partial charge is 0.0925 e. The molecule has 1 heteroatoms. The zero-order valence-corrected chi connectivity index (χ0v) is 8.84. The summed E-state index contributed by atoms with van der Waals surface area (Å²) >= 11 is 3.58. The van der Waals surface area contributed by atoms with Crippen LogP contribution in [0.4, 0.5) is 0 Å². The minimum atomic E-state index is 0.737. The molecule has 64 valence electrons. The van der Waals surface area contributed by atoms with Gasteiger partial charge in [0.25, 0.3) is 0 Å². The molecule has 0 N–H and O–H groups in total. The van der Waals surface area contributed by atoms with Gasteiger partial charge in [-0.15, -0.1) is 0 Å². The van der Waals surface area contributed by atoms with Crippen molar-refractivity contribution in [3.05, 3.63) is 35.4 Å². The van der Waals surface area contributed by atoms with Crippen LogP contribution in [0.25, 0.3) is 0 Å². The predicted molar refractivity (Wildman–Crippen MR) is 55.8 cm³/mol. The van der Waals surface area contributed by atoms with Gasteiger partial charge in [-0.2, -0.15) is 0 Å². The number of hydrogen-bond donors (Lipinski definition) is 0. The number of hydrogen-bond acceptors (Lipinski definition) is 0. The van der Waals surface area contributed by atoms with Crippen LogP contribution in [-0.2, 0) is 6.42 Å². The summed E-state index contributed by atoms with van der Waals surface area (Å²) in [6, 6.07) is 8.81. The summed E-state index contributed by atoms with van der Waals surface area (Å²) in [5.41, 5.74) is 3.11. The fourth-order valence-corrected chi connectivity index (χ4v) is 2.86. The van der Waals surface area contributed by atoms with E-state index < -0.39 is 0 Å². The van der Waals surface area contributed by atoms with Crippen molar-refractivity contribution >= 4 is 15.9 Å². The van der Waals surface area contributed by atoms with E-state index >= 15 is 0 Å². The molecule has 1 aliphatic rings. The minimum Gasteiger partial charge on any atom is -0.0925 e. The molecular formula is C11H13Br. The van der Waals surface area contributed by atoms with E-state index in [0.717, 1.165) is 17.2 Å². The maximum absolute atomic E-state index is 3.58. The summed E-state index contributed by atoms with van der Waals surface area (Å²) in [7, 11) is 0. The lowest BCUT2D eigenvalue weighted by molar-refractivity contribution is 0.544. The first-order valence-corrected chi connectivity index (χ1v) is 5.59. The Morgan fingerprint density at radius 2 is 2.17 bits per heavy atom. The minimum absolute atomic E-state index is 0.737. The molecular weight excluding hydrogens is 212 g/mol. The first-order chi connectivity index (χ1) is 5.83. The van der Waals surface area contributed by atoms with Gasteiger partial charge in [0.15, 0.2) is 0 Å². The lowest BCUT2D eigenvalue weighted by atomic mass is 9.97. The summed E-state index contributed by atoms with van der Waals surface area (Å²) in [6.07, 6.45) is 1.25. The third-order valence-corrected chi connectivity index (χ3v) is 3.76. The molecule has 0 radical (unpaired) electrons. The molecule has 0 spiro atoms. The molecule has 0 amide bonds. The molecule has 0 heterocycles. The van der Waals surface area contributed by atoms with Crippen molar-refractivity contribution in [2.24, 2.45) is 5.92 Å². The van der Waals surface area contributed by atoms with E-state index in [1.165, 1.54) is 6.42 Å². The van der Waals surface area contributed by atoms with Crippen molar-refractivity contribution < 1.29 is 0 Å². The van der Waals surface area contributed by atoms with Crippen molar-refractivity contribution in [1.29, 1.82) is 0 Å². The molecule has 0 nitrogen and oxygen atoms in total. The second kappa shape index (κ2) is 3.21. The molecule has 0 fully saturated rings. The van der Waals surface area contributed by atoms with Crippen LogP contribution in [0.2, 0.25) is 0 Å². The van der Waals surface area contributed by atoms with E-state index in [1.807, 2.05) is 0 Å². The van der Waals surface area contributed by atoms with Crippen molar-refractivity contribution in [3.63, 3.8) is 0 Å². The Balaban J connectivity index is 2.35. The van der Waals surface area contributed by atoms with Crippen LogP contribution < -0.4 is 0 Å². The molecule has 2 atom stereocenters. The molecule has 1 aromatic carbocycles. The van der Waals surface area contributed by atoms with Gasteiger partial charge >= 0.3 is 0 Å². The van der Waals surface area contributed by atoms with E-state index in [1.54, 1.807) is 11.1 Å². The number of rotatable bonds is 1. The Bertz CT molecular complexity index is 280. The third kappa shape index (κ3) is 1.20. The Hall–Kier alpha value is -0.300. The van der Waals surface area contributed by atoms with Gasteiger partial charge in [0.2, 0.25) is 0 Å². The Kier molecular flexibility index (Phi) is 2.22. The monoisotopic (exact) mass is 224 g/mol. The maximum Gasteiger partial charge on any atom is 0.00685 e. The van der Waals surface area contributed by atoms with Gasteiger partial charge in [0.05, 0.1) is 0 Å². The molecule has 0 aromatic heterocycles. The molecule has 2 rings (SSSR count). The molecule has 0 saturated heterocycles. The highest BCUT2D eigenvalue weighted by Gasteiger charge is 2.27. The molecule has 2 unspecified atom stereocenters. The van der Waals surface area contributed by atoms with Crippen LogP contribution in [0.5, 0.6) is 0 Å². The zero-order valence-electron chi connectivity index (χ0n) is 7.26. The van der Waals surface area contributed by atoms with Crippen molar-refractivity contribution in [1.82, 2.24) is 0 Å². The fourth-order valence-electron chi connectivity index (χ4n) is 2.07. The number of halogens is 1. The highest BCUT2D eigenvalue weighted by molar-refractivity contribution is 9.09. The van der Waals surface area contributed by atoms with Gasteiger partial charge in [0, 0.05) is 5.33 Å². The van der Waals surface area contributed by atoms with Gasteiger partial charge in [-0.25, -0.2) is 0 Å². The Labute approximate surface area is 82.1 Å². The Morgan fingerprint density at radius 3 is 2.83 bits per heavy atom. The van der Waals surface area contributed by atoms with E-state index in [0.29, 0.717) is 0 Å². The van der Waals surface area contributed by atoms with Crippen LogP contribution in [-0.4, -0.2) is 5.33 Å². The second-order valence-electron chi connectivity index (χ2n) is 3.61. The molecule has 1 aromatic rings. The maximum atomic E-state index is 3.58. The first kappa shape index (κ1) is 8.31. The summed E-state index contributed by atoms with van der Waals surface area (Å²) in [4.78, 5) is 0. The van der Waals surface area contributed by atoms with Crippen LogP contribution >= 0.6 is 15.9 Å². The number of fused-ring (bicyclic) bond motifs is 1. The van der Waals surface area contributed by atoms with Gasteiger partial charge in [-0.1, -0.05) is 47.1 Å². The van der Waals surface area contributed by atoms with Crippen molar-refractivity contribution in [2.75, 3.05) is 5.33 Å². The van der Waals surface area contributed by atoms with Crippen LogP contribution in [0, 0.1) is 5.92 Å². The van der Waals surface area contributed by atoms with Crippen molar-refractivity contribution in [2.45, 2.75) is 19.3 Å². The lowest BCUT2D eigenvalue weighted by Crippen LogP contribution is -2.04. The molecule has 0 bridgehead atoms. The molecule has 12 heavy (non-hydrogen) atoms. The SMILES string of the molecule is CC1c2ccccc2CC1CBr. The van der Waals surface area contributed by atoms with Crippen LogP contribution in [0.1, 0.15) is 24.0 Å². The summed E-state index contributed by atoms with van der Waals surface area (Å²) < 4.78 is 0. The van der Waals surface area contributed by atoms with Crippen LogP contribution in [0.15, 0.2) is 24.3 Å². The second-order valence-corrected chi connectivity index (χ2v) is 4.25. The van der Waals surface area contributed by atoms with Gasteiger partial charge in [0.1, 0.15) is 0 Å². The summed E-state index contributed by atoms with van der Waals surface area (Å²) in [5.74, 6) is 1.54. The molecule has 1 aliphatic carbocycles. The first-order valence-electron chi connectivity index (χ1n) is 4.46. The third-order valence-electron chi connectivity index (χ3n) is 2.93.